The van der Waals surface area contributed by atoms with Crippen molar-refractivity contribution in [1.82, 2.24) is 4.90 Å². The Labute approximate surface area is 190 Å². The number of nitrogens with zero attached hydrogens (tertiary/aromatic N) is 2. The number of hydrogen-bond acceptors (Lipinski definition) is 6. The van der Waals surface area contributed by atoms with Crippen molar-refractivity contribution in [3.8, 4) is 5.75 Å². The number of ether oxygens (including phenoxy) is 3. The van der Waals surface area contributed by atoms with Crippen molar-refractivity contribution in [2.75, 3.05) is 26.8 Å². The third kappa shape index (κ3) is 6.12. The summed E-state index contributed by atoms with van der Waals surface area (Å²) in [6, 6.07) is 6.28. The van der Waals surface area contributed by atoms with Gasteiger partial charge in [0.1, 0.15) is 11.4 Å². The van der Waals surface area contributed by atoms with Crippen molar-refractivity contribution in [1.29, 1.82) is 0 Å². The van der Waals surface area contributed by atoms with Crippen LogP contribution >= 0.6 is 0 Å². The fourth-order valence-corrected chi connectivity index (χ4v) is 4.82. The third-order valence-electron chi connectivity index (χ3n) is 6.99. The number of rotatable bonds is 6. The maximum Gasteiger partial charge on any atom is 0.410 e. The molecule has 32 heavy (non-hydrogen) atoms. The predicted molar refractivity (Wildman–Crippen MR) is 121 cm³/mol. The summed E-state index contributed by atoms with van der Waals surface area (Å²) in [7, 11) is 1.76. The Balaban J connectivity index is 1.48. The molecule has 1 spiro atoms. The Kier molecular flexibility index (Phi) is 7.32. The summed E-state index contributed by atoms with van der Waals surface area (Å²) >= 11 is 0. The number of nitro groups is 1. The molecule has 0 bridgehead atoms. The van der Waals surface area contributed by atoms with Gasteiger partial charge in [-0.1, -0.05) is 6.07 Å². The van der Waals surface area contributed by atoms with Crippen molar-refractivity contribution in [2.45, 2.75) is 76.9 Å². The largest absolute Gasteiger partial charge is 0.493 e. The van der Waals surface area contributed by atoms with E-state index in [1.807, 2.05) is 25.7 Å². The second kappa shape index (κ2) is 9.65. The van der Waals surface area contributed by atoms with E-state index in [1.54, 1.807) is 19.2 Å². The summed E-state index contributed by atoms with van der Waals surface area (Å²) in [6.45, 7) is 7.61. The first-order valence-electron chi connectivity index (χ1n) is 11.5. The maximum absolute atomic E-state index is 12.4. The molecule has 0 radical (unpaired) electrons. The first kappa shape index (κ1) is 24.3. The fraction of sp³-hybridized carbons (Fsp3) is 0.708. The molecule has 8 heteroatoms. The molecule has 1 heterocycles. The number of likely N-dealkylation sites (tertiary alicyclic amines) is 1. The first-order chi connectivity index (χ1) is 15.1. The number of amides is 1. The third-order valence-corrected chi connectivity index (χ3v) is 6.99. The molecule has 0 unspecified atom stereocenters. The number of carbonyl (C=O) groups excluding carboxylic acids is 1. The highest BCUT2D eigenvalue weighted by Crippen LogP contribution is 2.49. The van der Waals surface area contributed by atoms with E-state index in [0.717, 1.165) is 58.0 Å². The van der Waals surface area contributed by atoms with Gasteiger partial charge in [-0.3, -0.25) is 10.1 Å². The molecular weight excluding hydrogens is 412 g/mol. The van der Waals surface area contributed by atoms with Gasteiger partial charge in [0.05, 0.1) is 23.2 Å². The van der Waals surface area contributed by atoms with Crippen LogP contribution in [-0.2, 0) is 9.47 Å². The highest BCUT2D eigenvalue weighted by atomic mass is 16.6. The van der Waals surface area contributed by atoms with Gasteiger partial charge in [0.2, 0.25) is 0 Å². The van der Waals surface area contributed by atoms with Crippen molar-refractivity contribution in [3.63, 3.8) is 0 Å². The minimum absolute atomic E-state index is 0.0290. The summed E-state index contributed by atoms with van der Waals surface area (Å²) in [6.07, 6.45) is 6.56. The number of nitro benzene ring substituents is 1. The molecule has 1 amide bonds. The van der Waals surface area contributed by atoms with Gasteiger partial charge in [0.15, 0.2) is 0 Å². The molecule has 1 aliphatic heterocycles. The normalized spacial score (nSPS) is 20.1. The quantitative estimate of drug-likeness (QED) is 0.431. The average molecular weight is 449 g/mol. The molecule has 1 aromatic carbocycles. The Bertz CT molecular complexity index is 801. The lowest BCUT2D eigenvalue weighted by Crippen LogP contribution is -2.49. The van der Waals surface area contributed by atoms with Crippen LogP contribution < -0.4 is 4.74 Å². The zero-order chi connectivity index (χ0) is 23.4. The Hall–Kier alpha value is -2.35. The number of benzene rings is 1. The lowest BCUT2D eigenvalue weighted by molar-refractivity contribution is -0.384. The highest BCUT2D eigenvalue weighted by molar-refractivity contribution is 5.68. The molecule has 1 saturated carbocycles. The second-order valence-electron chi connectivity index (χ2n) is 10.2. The molecule has 1 aliphatic carbocycles. The lowest BCUT2D eigenvalue weighted by atomic mass is 9.63. The van der Waals surface area contributed by atoms with E-state index < -0.39 is 10.5 Å². The van der Waals surface area contributed by atoms with Gasteiger partial charge in [0.25, 0.3) is 5.69 Å². The van der Waals surface area contributed by atoms with Crippen LogP contribution in [0.2, 0.25) is 0 Å². The monoisotopic (exact) mass is 448 g/mol. The van der Waals surface area contributed by atoms with Crippen LogP contribution in [0, 0.1) is 15.5 Å². The van der Waals surface area contributed by atoms with E-state index >= 15 is 0 Å². The molecule has 0 N–H and O–H groups in total. The number of methoxy groups -OCH3 is 1. The van der Waals surface area contributed by atoms with Crippen LogP contribution in [-0.4, -0.2) is 53.9 Å². The molecule has 0 aromatic heterocycles. The lowest BCUT2D eigenvalue weighted by Gasteiger charge is -2.49. The Morgan fingerprint density at radius 3 is 2.34 bits per heavy atom. The van der Waals surface area contributed by atoms with E-state index in [1.165, 1.54) is 12.1 Å². The Morgan fingerprint density at radius 1 is 1.12 bits per heavy atom. The van der Waals surface area contributed by atoms with E-state index in [0.29, 0.717) is 12.4 Å². The molecule has 8 nitrogen and oxygen atoms in total. The van der Waals surface area contributed by atoms with E-state index in [4.69, 9.17) is 14.2 Å². The molecule has 2 aliphatic rings. The maximum atomic E-state index is 12.4. The van der Waals surface area contributed by atoms with Crippen LogP contribution in [0.15, 0.2) is 24.3 Å². The summed E-state index contributed by atoms with van der Waals surface area (Å²) < 4.78 is 17.3. The fourth-order valence-electron chi connectivity index (χ4n) is 4.82. The van der Waals surface area contributed by atoms with Crippen molar-refractivity contribution < 1.29 is 23.9 Å². The van der Waals surface area contributed by atoms with Gasteiger partial charge in [-0.15, -0.1) is 0 Å². The van der Waals surface area contributed by atoms with Crippen molar-refractivity contribution in [3.05, 3.63) is 34.4 Å². The van der Waals surface area contributed by atoms with Crippen LogP contribution in [0.25, 0.3) is 0 Å². The molecule has 2 fully saturated rings. The van der Waals surface area contributed by atoms with Gasteiger partial charge in [-0.25, -0.2) is 4.79 Å². The average Bonchev–Trinajstić information content (AvgIpc) is 2.75. The molecule has 178 valence electrons. The number of carbonyl (C=O) groups is 1. The number of hydrogen-bond donors (Lipinski definition) is 0. The van der Waals surface area contributed by atoms with Gasteiger partial charge < -0.3 is 19.1 Å². The first-order valence-corrected chi connectivity index (χ1v) is 11.5. The van der Waals surface area contributed by atoms with Gasteiger partial charge in [0, 0.05) is 32.7 Å². The molecular formula is C24H36N2O6. The van der Waals surface area contributed by atoms with E-state index in [9.17, 15) is 14.9 Å². The second-order valence-corrected chi connectivity index (χ2v) is 10.2. The van der Waals surface area contributed by atoms with Crippen LogP contribution in [0.3, 0.4) is 0 Å². The number of non-ortho nitro benzene ring substituents is 1. The van der Waals surface area contributed by atoms with Gasteiger partial charge in [-0.05, 0) is 70.8 Å². The van der Waals surface area contributed by atoms with Crippen molar-refractivity contribution in [2.24, 2.45) is 5.41 Å². The minimum Gasteiger partial charge on any atom is -0.493 e. The zero-order valence-electron chi connectivity index (χ0n) is 19.7. The van der Waals surface area contributed by atoms with E-state index in [-0.39, 0.29) is 22.8 Å². The van der Waals surface area contributed by atoms with Gasteiger partial charge in [-0.2, -0.15) is 0 Å². The Morgan fingerprint density at radius 2 is 1.78 bits per heavy atom. The topological polar surface area (TPSA) is 91.1 Å². The van der Waals surface area contributed by atoms with E-state index in [2.05, 4.69) is 0 Å². The summed E-state index contributed by atoms with van der Waals surface area (Å²) in [5, 5.41) is 10.9. The van der Waals surface area contributed by atoms with Crippen LogP contribution in [0.1, 0.15) is 65.7 Å². The van der Waals surface area contributed by atoms with Crippen LogP contribution in [0.5, 0.6) is 5.75 Å². The smallest absolute Gasteiger partial charge is 0.410 e. The number of piperidine rings is 1. The zero-order valence-corrected chi connectivity index (χ0v) is 19.7. The summed E-state index contributed by atoms with van der Waals surface area (Å²) in [4.78, 5) is 24.7. The van der Waals surface area contributed by atoms with Crippen LogP contribution in [0.4, 0.5) is 10.5 Å². The predicted octanol–water partition coefficient (Wildman–Crippen LogP) is 5.34. The molecule has 1 aromatic rings. The molecule has 3 rings (SSSR count). The SMILES string of the molecule is COC1(CCOc2cccc([N+](=O)[O-])c2)CCC2(CCN(C(=O)OC(C)(C)C)CC2)CC1. The van der Waals surface area contributed by atoms with Gasteiger partial charge >= 0.3 is 6.09 Å². The summed E-state index contributed by atoms with van der Waals surface area (Å²) in [5.74, 6) is 0.507. The van der Waals surface area contributed by atoms with Crippen molar-refractivity contribution >= 4 is 11.8 Å². The molecule has 0 atom stereocenters. The standard InChI is InChI=1S/C24H36N2O6/c1-22(2,3)32-21(27)25-15-12-23(13-16-25)8-10-24(30-4,11-9-23)14-17-31-20-7-5-6-19(18-20)26(28)29/h5-7,18H,8-17H2,1-4H3. The summed E-state index contributed by atoms with van der Waals surface area (Å²) in [5.41, 5.74) is -0.404. The highest BCUT2D eigenvalue weighted by Gasteiger charge is 2.45. The minimum atomic E-state index is -0.470. The molecule has 1 saturated heterocycles.